The van der Waals surface area contributed by atoms with Gasteiger partial charge < -0.3 is 10.5 Å². The van der Waals surface area contributed by atoms with Crippen LogP contribution >= 0.6 is 11.8 Å². The fourth-order valence-corrected chi connectivity index (χ4v) is 2.29. The van der Waals surface area contributed by atoms with E-state index in [-0.39, 0.29) is 5.54 Å². The van der Waals surface area contributed by atoms with Crippen molar-refractivity contribution in [1.29, 1.82) is 0 Å². The summed E-state index contributed by atoms with van der Waals surface area (Å²) in [6.45, 7) is 3.79. The predicted molar refractivity (Wildman–Crippen MR) is 59.2 cm³/mol. The Bertz CT molecular complexity index is 135. The molecule has 0 aromatic rings. The van der Waals surface area contributed by atoms with E-state index >= 15 is 0 Å². The molecule has 1 rings (SSSR count). The van der Waals surface area contributed by atoms with E-state index in [0.29, 0.717) is 0 Å². The molecule has 0 spiro atoms. The Morgan fingerprint density at radius 2 is 2.08 bits per heavy atom. The molecule has 0 aromatic carbocycles. The van der Waals surface area contributed by atoms with Gasteiger partial charge in [-0.15, -0.1) is 0 Å². The van der Waals surface area contributed by atoms with Crippen molar-refractivity contribution in [3.8, 4) is 0 Å². The summed E-state index contributed by atoms with van der Waals surface area (Å²) >= 11 is 1.92. The van der Waals surface area contributed by atoms with Gasteiger partial charge in [0.25, 0.3) is 0 Å². The van der Waals surface area contributed by atoms with Gasteiger partial charge in [0, 0.05) is 11.3 Å². The second-order valence-corrected chi connectivity index (χ2v) is 5.21. The van der Waals surface area contributed by atoms with Gasteiger partial charge in [0.15, 0.2) is 0 Å². The first-order valence-corrected chi connectivity index (χ1v) is 6.37. The highest BCUT2D eigenvalue weighted by molar-refractivity contribution is 7.99. The summed E-state index contributed by atoms with van der Waals surface area (Å²) in [5.41, 5.74) is 6.15. The van der Waals surface area contributed by atoms with Crippen molar-refractivity contribution in [3.05, 3.63) is 0 Å². The van der Waals surface area contributed by atoms with Crippen LogP contribution in [0.5, 0.6) is 0 Å². The smallest absolute Gasteiger partial charge is 0.0646 e. The fraction of sp³-hybridized carbons (Fsp3) is 1.00. The maximum Gasteiger partial charge on any atom is 0.0646 e. The molecule has 1 aliphatic carbocycles. The largest absolute Gasteiger partial charge is 0.379 e. The quantitative estimate of drug-likeness (QED) is 0.671. The maximum absolute atomic E-state index is 6.14. The number of nitrogens with two attached hydrogens (primary N) is 1. The number of hydrogen-bond donors (Lipinski definition) is 1. The summed E-state index contributed by atoms with van der Waals surface area (Å²) in [5, 5.41) is 0. The molecular formula is C10H21NOS. The fourth-order valence-electron chi connectivity index (χ4n) is 1.76. The minimum absolute atomic E-state index is 0.0108. The van der Waals surface area contributed by atoms with Crippen LogP contribution in [-0.4, -0.2) is 30.3 Å². The lowest BCUT2D eigenvalue weighted by molar-refractivity contribution is 0.0986. The van der Waals surface area contributed by atoms with Crippen molar-refractivity contribution in [2.45, 2.75) is 38.1 Å². The van der Waals surface area contributed by atoms with Crippen LogP contribution in [0.2, 0.25) is 0 Å². The average molecular weight is 203 g/mol. The van der Waals surface area contributed by atoms with Crippen molar-refractivity contribution in [3.63, 3.8) is 0 Å². The second-order valence-electron chi connectivity index (χ2n) is 3.82. The molecule has 1 aliphatic rings. The number of ether oxygens (including phenoxy) is 1. The lowest BCUT2D eigenvalue weighted by Gasteiger charge is -2.22. The van der Waals surface area contributed by atoms with Crippen molar-refractivity contribution in [1.82, 2.24) is 0 Å². The predicted octanol–water partition coefficient (Wildman–Crippen LogP) is 2.03. The summed E-state index contributed by atoms with van der Waals surface area (Å²) in [5.74, 6) is 2.28. The number of thioether (sulfide) groups is 1. The number of hydrogen-bond acceptors (Lipinski definition) is 3. The normalized spacial score (nSPS) is 20.8. The van der Waals surface area contributed by atoms with Crippen LogP contribution in [0.3, 0.4) is 0 Å². The van der Waals surface area contributed by atoms with E-state index in [9.17, 15) is 0 Å². The molecule has 13 heavy (non-hydrogen) atoms. The van der Waals surface area contributed by atoms with Gasteiger partial charge in [-0.1, -0.05) is 19.8 Å². The van der Waals surface area contributed by atoms with Gasteiger partial charge in [0.05, 0.1) is 13.2 Å². The molecular weight excluding hydrogens is 182 g/mol. The third kappa shape index (κ3) is 4.34. The maximum atomic E-state index is 6.14. The summed E-state index contributed by atoms with van der Waals surface area (Å²) in [7, 11) is 0. The zero-order chi connectivity index (χ0) is 9.57. The third-order valence-corrected chi connectivity index (χ3v) is 3.43. The molecule has 0 atom stereocenters. The van der Waals surface area contributed by atoms with Crippen molar-refractivity contribution >= 4 is 11.8 Å². The van der Waals surface area contributed by atoms with Crippen LogP contribution < -0.4 is 5.73 Å². The summed E-state index contributed by atoms with van der Waals surface area (Å²) < 4.78 is 5.58. The molecule has 0 amide bonds. The summed E-state index contributed by atoms with van der Waals surface area (Å²) in [6, 6.07) is 0. The van der Waals surface area contributed by atoms with Gasteiger partial charge in [0.2, 0.25) is 0 Å². The molecule has 0 saturated heterocycles. The van der Waals surface area contributed by atoms with E-state index in [1.54, 1.807) is 0 Å². The van der Waals surface area contributed by atoms with Gasteiger partial charge in [-0.05, 0) is 18.6 Å². The molecule has 1 fully saturated rings. The third-order valence-electron chi connectivity index (χ3n) is 2.56. The molecule has 3 heteroatoms. The molecule has 0 aromatic heterocycles. The van der Waals surface area contributed by atoms with E-state index in [4.69, 9.17) is 10.5 Å². The van der Waals surface area contributed by atoms with Crippen molar-refractivity contribution < 1.29 is 4.74 Å². The first-order chi connectivity index (χ1) is 6.27. The van der Waals surface area contributed by atoms with Crippen LogP contribution in [0.4, 0.5) is 0 Å². The highest BCUT2D eigenvalue weighted by Gasteiger charge is 2.29. The van der Waals surface area contributed by atoms with Gasteiger partial charge in [-0.3, -0.25) is 0 Å². The Balaban J connectivity index is 1.98. The van der Waals surface area contributed by atoms with E-state index in [0.717, 1.165) is 31.8 Å². The lowest BCUT2D eigenvalue weighted by atomic mass is 10.0. The Morgan fingerprint density at radius 3 is 2.69 bits per heavy atom. The van der Waals surface area contributed by atoms with Crippen LogP contribution in [0, 0.1) is 0 Å². The SMILES string of the molecule is CCSCCOCC1(N)CCCC1. The Hall–Kier alpha value is 0.270. The van der Waals surface area contributed by atoms with Crippen molar-refractivity contribution in [2.75, 3.05) is 24.7 Å². The molecule has 0 heterocycles. The highest BCUT2D eigenvalue weighted by Crippen LogP contribution is 2.27. The van der Waals surface area contributed by atoms with E-state index in [1.165, 1.54) is 18.6 Å². The molecule has 1 saturated carbocycles. The van der Waals surface area contributed by atoms with E-state index in [1.807, 2.05) is 11.8 Å². The Labute approximate surface area is 85.6 Å². The zero-order valence-corrected chi connectivity index (χ0v) is 9.37. The highest BCUT2D eigenvalue weighted by atomic mass is 32.2. The minimum Gasteiger partial charge on any atom is -0.379 e. The summed E-state index contributed by atoms with van der Waals surface area (Å²) in [6.07, 6.45) is 4.86. The van der Waals surface area contributed by atoms with Crippen LogP contribution in [-0.2, 0) is 4.74 Å². The average Bonchev–Trinajstić information content (AvgIpc) is 2.53. The molecule has 0 unspecified atom stereocenters. The molecule has 78 valence electrons. The number of rotatable bonds is 6. The molecule has 0 aliphatic heterocycles. The first-order valence-electron chi connectivity index (χ1n) is 5.21. The Kier molecular flexibility index (Phi) is 5.14. The van der Waals surface area contributed by atoms with Gasteiger partial charge in [-0.25, -0.2) is 0 Å². The zero-order valence-electron chi connectivity index (χ0n) is 8.55. The molecule has 0 radical (unpaired) electrons. The molecule has 2 N–H and O–H groups in total. The van der Waals surface area contributed by atoms with Gasteiger partial charge >= 0.3 is 0 Å². The van der Waals surface area contributed by atoms with Crippen LogP contribution in [0.25, 0.3) is 0 Å². The van der Waals surface area contributed by atoms with Crippen LogP contribution in [0.1, 0.15) is 32.6 Å². The monoisotopic (exact) mass is 203 g/mol. The lowest BCUT2D eigenvalue weighted by Crippen LogP contribution is -2.41. The summed E-state index contributed by atoms with van der Waals surface area (Å²) in [4.78, 5) is 0. The standard InChI is InChI=1S/C10H21NOS/c1-2-13-8-7-12-9-10(11)5-3-4-6-10/h2-9,11H2,1H3. The second kappa shape index (κ2) is 5.89. The van der Waals surface area contributed by atoms with Crippen LogP contribution in [0.15, 0.2) is 0 Å². The molecule has 2 nitrogen and oxygen atoms in total. The first kappa shape index (κ1) is 11.3. The minimum atomic E-state index is 0.0108. The van der Waals surface area contributed by atoms with E-state index in [2.05, 4.69) is 6.92 Å². The molecule has 0 bridgehead atoms. The van der Waals surface area contributed by atoms with Gasteiger partial charge in [-0.2, -0.15) is 11.8 Å². The van der Waals surface area contributed by atoms with E-state index < -0.39 is 0 Å². The van der Waals surface area contributed by atoms with Crippen molar-refractivity contribution in [2.24, 2.45) is 5.73 Å². The van der Waals surface area contributed by atoms with Gasteiger partial charge in [0.1, 0.15) is 0 Å². The Morgan fingerprint density at radius 1 is 1.38 bits per heavy atom. The topological polar surface area (TPSA) is 35.2 Å².